The van der Waals surface area contributed by atoms with E-state index in [2.05, 4.69) is 25.8 Å². The van der Waals surface area contributed by atoms with E-state index >= 15 is 0 Å². The quantitative estimate of drug-likeness (QED) is 0.442. The zero-order chi connectivity index (χ0) is 17.6. The maximum atomic E-state index is 11.9. The number of carbonyl (C=O) groups is 1. The molecule has 3 aromatic rings. The van der Waals surface area contributed by atoms with E-state index in [1.54, 1.807) is 24.3 Å². The molecule has 0 unspecified atom stereocenters. The summed E-state index contributed by atoms with van der Waals surface area (Å²) in [5.41, 5.74) is 1.04. The second-order valence-electron chi connectivity index (χ2n) is 5.02. The van der Waals surface area contributed by atoms with Crippen LogP contribution in [0.15, 0.2) is 47.3 Å². The minimum absolute atomic E-state index is 0.0402. The Labute approximate surface area is 141 Å². The third-order valence-corrected chi connectivity index (χ3v) is 3.30. The number of furan rings is 1. The first-order valence-electron chi connectivity index (χ1n) is 7.35. The van der Waals surface area contributed by atoms with Crippen molar-refractivity contribution in [2.75, 3.05) is 17.2 Å². The van der Waals surface area contributed by atoms with Gasteiger partial charge in [-0.05, 0) is 12.1 Å². The normalized spacial score (nSPS) is 10.4. The van der Waals surface area contributed by atoms with E-state index < -0.39 is 4.92 Å². The van der Waals surface area contributed by atoms with Gasteiger partial charge >= 0.3 is 0 Å². The summed E-state index contributed by atoms with van der Waals surface area (Å²) in [5.74, 6) is 0.304. The molecule has 0 fully saturated rings. The van der Waals surface area contributed by atoms with Crippen LogP contribution in [-0.4, -0.2) is 32.6 Å². The molecule has 128 valence electrons. The molecular formula is C15H14N6O4. The van der Waals surface area contributed by atoms with Crippen molar-refractivity contribution in [2.24, 2.45) is 0 Å². The molecule has 0 saturated carbocycles. The maximum absolute atomic E-state index is 11.9. The third kappa shape index (κ3) is 3.99. The first-order chi connectivity index (χ1) is 12.1. The number of carbonyl (C=O) groups excluding carboxylic acids is 1. The Morgan fingerprint density at radius 3 is 2.92 bits per heavy atom. The van der Waals surface area contributed by atoms with E-state index in [1.165, 1.54) is 18.6 Å². The molecule has 3 N–H and O–H groups in total. The molecule has 2 aromatic heterocycles. The van der Waals surface area contributed by atoms with Crippen molar-refractivity contribution in [3.63, 3.8) is 0 Å². The Morgan fingerprint density at radius 1 is 1.32 bits per heavy atom. The topological polar surface area (TPSA) is 139 Å². The first-order valence-corrected chi connectivity index (χ1v) is 7.35. The Morgan fingerprint density at radius 2 is 2.16 bits per heavy atom. The van der Waals surface area contributed by atoms with Crippen molar-refractivity contribution in [3.05, 3.63) is 53.0 Å². The van der Waals surface area contributed by atoms with E-state index in [1.807, 2.05) is 0 Å². The van der Waals surface area contributed by atoms with Crippen LogP contribution in [0.25, 0.3) is 11.4 Å². The number of rotatable bonds is 7. The largest absolute Gasteiger partial charge is 0.472 e. The van der Waals surface area contributed by atoms with Crippen LogP contribution in [0.4, 0.5) is 17.3 Å². The number of nitrogens with zero attached hydrogens (tertiary/aromatic N) is 3. The second-order valence-corrected chi connectivity index (χ2v) is 5.02. The number of nitrogens with one attached hydrogen (secondary N) is 3. The number of nitro benzene ring substituents is 1. The van der Waals surface area contributed by atoms with Gasteiger partial charge in [0.15, 0.2) is 5.82 Å². The van der Waals surface area contributed by atoms with Crippen LogP contribution in [0, 0.1) is 10.1 Å². The second kappa shape index (κ2) is 7.25. The number of hydrogen-bond acceptors (Lipinski definition) is 7. The molecule has 0 aliphatic carbocycles. The fraction of sp³-hybridized carbons (Fsp3) is 0.133. The molecule has 25 heavy (non-hydrogen) atoms. The first kappa shape index (κ1) is 16.2. The number of anilines is 2. The highest BCUT2D eigenvalue weighted by atomic mass is 16.6. The predicted octanol–water partition coefficient (Wildman–Crippen LogP) is 2.41. The van der Waals surface area contributed by atoms with Crippen molar-refractivity contribution in [1.29, 1.82) is 0 Å². The fourth-order valence-corrected chi connectivity index (χ4v) is 2.13. The Hall–Kier alpha value is -3.69. The van der Waals surface area contributed by atoms with Gasteiger partial charge < -0.3 is 9.73 Å². The van der Waals surface area contributed by atoms with Gasteiger partial charge in [-0.2, -0.15) is 4.98 Å². The molecule has 1 amide bonds. The maximum Gasteiger partial charge on any atom is 0.292 e. The molecule has 10 heteroatoms. The number of nitro groups is 1. The minimum atomic E-state index is -0.479. The Bertz CT molecular complexity index is 874. The van der Waals surface area contributed by atoms with Crippen molar-refractivity contribution in [1.82, 2.24) is 15.2 Å². The molecule has 10 nitrogen and oxygen atoms in total. The van der Waals surface area contributed by atoms with E-state index in [0.29, 0.717) is 17.1 Å². The van der Waals surface area contributed by atoms with Crippen LogP contribution < -0.4 is 10.6 Å². The molecule has 0 bridgehead atoms. The van der Waals surface area contributed by atoms with Crippen LogP contribution >= 0.6 is 0 Å². The van der Waals surface area contributed by atoms with Crippen molar-refractivity contribution in [3.8, 4) is 11.4 Å². The number of H-pyrrole nitrogens is 1. The van der Waals surface area contributed by atoms with E-state index in [4.69, 9.17) is 4.42 Å². The van der Waals surface area contributed by atoms with Gasteiger partial charge in [0, 0.05) is 19.0 Å². The highest BCUT2D eigenvalue weighted by Crippen LogP contribution is 2.23. The lowest BCUT2D eigenvalue weighted by Crippen LogP contribution is -2.17. The highest BCUT2D eigenvalue weighted by Gasteiger charge is 2.13. The summed E-state index contributed by atoms with van der Waals surface area (Å²) in [4.78, 5) is 26.5. The lowest BCUT2D eigenvalue weighted by atomic mass is 10.2. The van der Waals surface area contributed by atoms with Gasteiger partial charge in [0.25, 0.3) is 5.69 Å². The SMILES string of the molecule is O=C(CCNc1ccccc1[N+](=O)[O-])Nc1n[nH]c(-c2ccoc2)n1. The molecule has 0 atom stereocenters. The minimum Gasteiger partial charge on any atom is -0.472 e. The fourth-order valence-electron chi connectivity index (χ4n) is 2.13. The average Bonchev–Trinajstić information content (AvgIpc) is 3.26. The van der Waals surface area contributed by atoms with Gasteiger partial charge in [0.05, 0.1) is 16.7 Å². The standard InChI is InChI=1S/C15H14N6O4/c22-13(5-7-16-11-3-1-2-4-12(11)21(23)24)17-15-18-14(19-20-15)10-6-8-25-9-10/h1-4,6,8-9,16H,5,7H2,(H2,17,18,19,20,22). The average molecular weight is 342 g/mol. The zero-order valence-electron chi connectivity index (χ0n) is 12.9. The van der Waals surface area contributed by atoms with Gasteiger partial charge in [-0.1, -0.05) is 12.1 Å². The predicted molar refractivity (Wildman–Crippen MR) is 88.9 cm³/mol. The van der Waals surface area contributed by atoms with Crippen LogP contribution in [0.5, 0.6) is 0 Å². The molecule has 0 aliphatic rings. The Balaban J connectivity index is 1.51. The van der Waals surface area contributed by atoms with Crippen LogP contribution in [-0.2, 0) is 4.79 Å². The number of aromatic amines is 1. The summed E-state index contributed by atoms with van der Waals surface area (Å²) in [6.45, 7) is 0.232. The molecule has 3 rings (SSSR count). The lowest BCUT2D eigenvalue weighted by Gasteiger charge is -2.06. The van der Waals surface area contributed by atoms with Crippen molar-refractivity contribution in [2.45, 2.75) is 6.42 Å². The lowest BCUT2D eigenvalue weighted by molar-refractivity contribution is -0.384. The molecule has 2 heterocycles. The van der Waals surface area contributed by atoms with E-state index in [0.717, 1.165) is 0 Å². The van der Waals surface area contributed by atoms with Crippen LogP contribution in [0.1, 0.15) is 6.42 Å². The summed E-state index contributed by atoms with van der Waals surface area (Å²) in [6.07, 6.45) is 3.11. The van der Waals surface area contributed by atoms with E-state index in [-0.39, 0.29) is 30.5 Å². The number of aromatic nitrogens is 3. The van der Waals surface area contributed by atoms with Gasteiger partial charge in [0.2, 0.25) is 11.9 Å². The van der Waals surface area contributed by atoms with Gasteiger partial charge in [-0.15, -0.1) is 5.10 Å². The van der Waals surface area contributed by atoms with Crippen molar-refractivity contribution >= 4 is 23.2 Å². The third-order valence-electron chi connectivity index (χ3n) is 3.30. The van der Waals surface area contributed by atoms with E-state index in [9.17, 15) is 14.9 Å². The molecular weight excluding hydrogens is 328 g/mol. The van der Waals surface area contributed by atoms with Gasteiger partial charge in [-0.3, -0.25) is 25.3 Å². The number of benzene rings is 1. The monoisotopic (exact) mass is 342 g/mol. The van der Waals surface area contributed by atoms with Crippen LogP contribution in [0.2, 0.25) is 0 Å². The molecule has 0 aliphatic heterocycles. The van der Waals surface area contributed by atoms with Crippen molar-refractivity contribution < 1.29 is 14.1 Å². The number of amides is 1. The summed E-state index contributed by atoms with van der Waals surface area (Å²) in [6, 6.07) is 7.95. The summed E-state index contributed by atoms with van der Waals surface area (Å²) in [7, 11) is 0. The zero-order valence-corrected chi connectivity index (χ0v) is 12.9. The molecule has 0 spiro atoms. The smallest absolute Gasteiger partial charge is 0.292 e. The van der Waals surface area contributed by atoms with Gasteiger partial charge in [0.1, 0.15) is 12.0 Å². The summed E-state index contributed by atoms with van der Waals surface area (Å²) in [5, 5.41) is 22.9. The van der Waals surface area contributed by atoms with Gasteiger partial charge in [-0.25, -0.2) is 0 Å². The highest BCUT2D eigenvalue weighted by molar-refractivity contribution is 5.89. The Kier molecular flexibility index (Phi) is 4.69. The van der Waals surface area contributed by atoms with Crippen LogP contribution in [0.3, 0.4) is 0 Å². The molecule has 0 saturated heterocycles. The molecule has 0 radical (unpaired) electrons. The number of hydrogen-bond donors (Lipinski definition) is 3. The molecule has 1 aromatic carbocycles. The summed E-state index contributed by atoms with van der Waals surface area (Å²) >= 11 is 0. The number of para-hydroxylation sites is 2. The summed E-state index contributed by atoms with van der Waals surface area (Å²) < 4.78 is 4.95.